The molecule has 1 aromatic rings. The molecule has 0 atom stereocenters. The molecule has 0 nitrogen and oxygen atoms in total. The van der Waals surface area contributed by atoms with Crippen LogP contribution in [0.3, 0.4) is 0 Å². The lowest BCUT2D eigenvalue weighted by molar-refractivity contribution is 0.618. The minimum absolute atomic E-state index is 0.0800. The van der Waals surface area contributed by atoms with E-state index in [-0.39, 0.29) is 5.82 Å². The molecule has 0 aromatic carbocycles. The van der Waals surface area contributed by atoms with Gasteiger partial charge in [-0.3, -0.25) is 0 Å². The third-order valence-electron chi connectivity index (χ3n) is 1.09. The van der Waals surface area contributed by atoms with Crippen LogP contribution in [0.2, 0.25) is 0 Å². The van der Waals surface area contributed by atoms with Crippen LogP contribution >= 0.6 is 11.3 Å². The van der Waals surface area contributed by atoms with E-state index in [9.17, 15) is 4.39 Å². The Morgan fingerprint density at radius 3 is 2.89 bits per heavy atom. The molecule has 0 amide bonds. The second kappa shape index (κ2) is 2.97. The van der Waals surface area contributed by atoms with Crippen LogP contribution in [0.1, 0.15) is 11.3 Å². The van der Waals surface area contributed by atoms with Crippen molar-refractivity contribution in [3.05, 3.63) is 29.1 Å². The largest absolute Gasteiger partial charge is 0.206 e. The Balaban J connectivity index is 2.69. The molecule has 9 heavy (non-hydrogen) atoms. The average Bonchev–Trinajstić information content (AvgIpc) is 2.18. The molecular weight excluding hydrogens is 135 g/mol. The molecule has 0 N–H and O–H groups in total. The van der Waals surface area contributed by atoms with E-state index >= 15 is 0 Å². The lowest BCUT2D eigenvalue weighted by Crippen LogP contribution is -1.79. The molecule has 1 radical (unpaired) electrons. The van der Waals surface area contributed by atoms with E-state index in [1.807, 2.05) is 0 Å². The predicted octanol–water partition coefficient (Wildman–Crippen LogP) is 2.65. The first kappa shape index (κ1) is 6.75. The van der Waals surface area contributed by atoms with E-state index in [1.54, 1.807) is 5.38 Å². The molecule has 0 aliphatic carbocycles. The van der Waals surface area contributed by atoms with Crippen molar-refractivity contribution in [2.45, 2.75) is 12.8 Å². The smallest absolute Gasteiger partial charge is 0.137 e. The number of halogens is 1. The van der Waals surface area contributed by atoms with E-state index < -0.39 is 0 Å². The minimum atomic E-state index is -0.0800. The highest BCUT2D eigenvalue weighted by atomic mass is 32.1. The van der Waals surface area contributed by atoms with Gasteiger partial charge >= 0.3 is 0 Å². The maximum absolute atomic E-state index is 12.5. The predicted molar refractivity (Wildman–Crippen MR) is 38.0 cm³/mol. The van der Waals surface area contributed by atoms with E-state index in [4.69, 9.17) is 0 Å². The van der Waals surface area contributed by atoms with Gasteiger partial charge in [0.25, 0.3) is 0 Å². The molecule has 0 bridgehead atoms. The Kier molecular flexibility index (Phi) is 2.22. The van der Waals surface area contributed by atoms with Crippen molar-refractivity contribution in [2.24, 2.45) is 0 Å². The summed E-state index contributed by atoms with van der Waals surface area (Å²) in [5, 5.41) is 1.76. The zero-order valence-electron chi connectivity index (χ0n) is 5.06. The second-order valence-corrected chi connectivity index (χ2v) is 2.80. The Labute approximate surface area is 58.3 Å². The molecule has 0 saturated heterocycles. The molecular formula is C7H8FS. The van der Waals surface area contributed by atoms with Gasteiger partial charge in [-0.05, 0) is 24.3 Å². The molecule has 0 aliphatic heterocycles. The summed E-state index contributed by atoms with van der Waals surface area (Å²) in [6.07, 6.45) is 1.54. The van der Waals surface area contributed by atoms with Crippen molar-refractivity contribution < 1.29 is 4.39 Å². The molecule has 0 unspecified atom stereocenters. The van der Waals surface area contributed by atoms with E-state index in [0.29, 0.717) is 0 Å². The molecule has 0 fully saturated rings. The zero-order chi connectivity index (χ0) is 6.69. The number of thiophene rings is 1. The third-order valence-corrected chi connectivity index (χ3v) is 2.05. The van der Waals surface area contributed by atoms with Crippen LogP contribution in [-0.4, -0.2) is 0 Å². The van der Waals surface area contributed by atoms with Crippen LogP contribution in [0, 0.1) is 12.7 Å². The summed E-state index contributed by atoms with van der Waals surface area (Å²) in [7, 11) is 0. The normalized spacial score (nSPS) is 10.0. The van der Waals surface area contributed by atoms with Crippen molar-refractivity contribution >= 4 is 11.3 Å². The van der Waals surface area contributed by atoms with Crippen LogP contribution in [0.15, 0.2) is 11.4 Å². The average molecular weight is 143 g/mol. The van der Waals surface area contributed by atoms with Gasteiger partial charge in [-0.2, -0.15) is 0 Å². The summed E-state index contributed by atoms with van der Waals surface area (Å²) >= 11 is 1.46. The van der Waals surface area contributed by atoms with Crippen molar-refractivity contribution in [2.75, 3.05) is 0 Å². The third kappa shape index (κ3) is 1.52. The molecule has 2 heteroatoms. The van der Waals surface area contributed by atoms with Crippen LogP contribution in [0.5, 0.6) is 0 Å². The Hall–Kier alpha value is -0.370. The van der Waals surface area contributed by atoms with Gasteiger partial charge in [-0.25, -0.2) is 4.39 Å². The monoisotopic (exact) mass is 143 g/mol. The zero-order valence-corrected chi connectivity index (χ0v) is 5.88. The minimum Gasteiger partial charge on any atom is -0.206 e. The summed E-state index contributed by atoms with van der Waals surface area (Å²) in [5.74, 6) is -0.0800. The topological polar surface area (TPSA) is 0 Å². The fraction of sp³-hybridized carbons (Fsp3) is 0.286. The van der Waals surface area contributed by atoms with Crippen molar-refractivity contribution in [1.82, 2.24) is 0 Å². The Bertz CT molecular complexity index is 181. The highest BCUT2D eigenvalue weighted by molar-refractivity contribution is 7.09. The van der Waals surface area contributed by atoms with Gasteiger partial charge in [-0.15, -0.1) is 11.3 Å². The van der Waals surface area contributed by atoms with E-state index in [2.05, 4.69) is 6.92 Å². The lowest BCUT2D eigenvalue weighted by Gasteiger charge is -1.89. The van der Waals surface area contributed by atoms with E-state index in [1.165, 1.54) is 17.4 Å². The van der Waals surface area contributed by atoms with Crippen LogP contribution in [-0.2, 0) is 6.42 Å². The lowest BCUT2D eigenvalue weighted by atomic mass is 10.3. The molecule has 1 aromatic heterocycles. The molecule has 0 spiro atoms. The first-order chi connectivity index (χ1) is 4.34. The maximum atomic E-state index is 12.5. The molecule has 1 heterocycles. The number of hydrogen-bond donors (Lipinski definition) is 0. The summed E-state index contributed by atoms with van der Waals surface area (Å²) in [6, 6.07) is 1.50. The first-order valence-electron chi connectivity index (χ1n) is 2.85. The fourth-order valence-corrected chi connectivity index (χ4v) is 1.46. The van der Waals surface area contributed by atoms with Crippen LogP contribution in [0.25, 0.3) is 0 Å². The molecule has 0 saturated carbocycles. The van der Waals surface area contributed by atoms with Gasteiger partial charge in [0.15, 0.2) is 0 Å². The van der Waals surface area contributed by atoms with Crippen LogP contribution in [0.4, 0.5) is 4.39 Å². The van der Waals surface area contributed by atoms with Gasteiger partial charge in [0.1, 0.15) is 5.82 Å². The van der Waals surface area contributed by atoms with Gasteiger partial charge in [-0.1, -0.05) is 6.92 Å². The summed E-state index contributed by atoms with van der Waals surface area (Å²) < 4.78 is 12.5. The molecule has 1 rings (SSSR count). The SMILES string of the molecule is [CH2]CCc1sccc1F. The van der Waals surface area contributed by atoms with Crippen molar-refractivity contribution in [3.63, 3.8) is 0 Å². The van der Waals surface area contributed by atoms with Crippen LogP contribution < -0.4 is 0 Å². The number of rotatable bonds is 2. The van der Waals surface area contributed by atoms with Gasteiger partial charge in [0.05, 0.1) is 0 Å². The highest BCUT2D eigenvalue weighted by Gasteiger charge is 1.99. The molecule has 0 aliphatic rings. The Morgan fingerprint density at radius 1 is 1.67 bits per heavy atom. The Morgan fingerprint density at radius 2 is 2.44 bits per heavy atom. The van der Waals surface area contributed by atoms with Crippen molar-refractivity contribution in [1.29, 1.82) is 0 Å². The van der Waals surface area contributed by atoms with Crippen molar-refractivity contribution in [3.8, 4) is 0 Å². The number of hydrogen-bond acceptors (Lipinski definition) is 1. The quantitative estimate of drug-likeness (QED) is 0.597. The standard InChI is InChI=1S/C7H8FS/c1-2-3-7-6(8)4-5-9-7/h4-5H,1-3H2. The van der Waals surface area contributed by atoms with Gasteiger partial charge < -0.3 is 0 Å². The van der Waals surface area contributed by atoms with Gasteiger partial charge in [0, 0.05) is 4.88 Å². The highest BCUT2D eigenvalue weighted by Crippen LogP contribution is 2.15. The maximum Gasteiger partial charge on any atom is 0.137 e. The first-order valence-corrected chi connectivity index (χ1v) is 3.73. The van der Waals surface area contributed by atoms with E-state index in [0.717, 1.165) is 17.7 Å². The fourth-order valence-electron chi connectivity index (χ4n) is 0.664. The summed E-state index contributed by atoms with van der Waals surface area (Å²) in [6.45, 7) is 3.64. The number of aryl methyl sites for hydroxylation is 1. The van der Waals surface area contributed by atoms with Gasteiger partial charge in [0.2, 0.25) is 0 Å². The summed E-state index contributed by atoms with van der Waals surface area (Å²) in [5.41, 5.74) is 0. The molecule has 49 valence electrons. The summed E-state index contributed by atoms with van der Waals surface area (Å²) in [4.78, 5) is 0.824. The second-order valence-electron chi connectivity index (χ2n) is 1.80.